The van der Waals surface area contributed by atoms with Crippen molar-refractivity contribution in [2.75, 3.05) is 18.4 Å². The third kappa shape index (κ3) is 4.66. The number of nitrogens with one attached hydrogen (secondary N) is 1. The summed E-state index contributed by atoms with van der Waals surface area (Å²) in [5.74, 6) is -0.0350. The molecule has 0 amide bonds. The first-order chi connectivity index (χ1) is 11.4. The average molecular weight is 347 g/mol. The number of Topliss-reactive ketones (excluding diaryl/α,β-unsaturated/α-hetero) is 1. The van der Waals surface area contributed by atoms with Crippen LogP contribution in [0, 0.1) is 6.92 Å². The molecule has 1 N–H and O–H groups in total. The zero-order chi connectivity index (χ0) is 17.6. The van der Waals surface area contributed by atoms with Gasteiger partial charge in [-0.25, -0.2) is 8.42 Å². The van der Waals surface area contributed by atoms with Gasteiger partial charge in [-0.1, -0.05) is 30.3 Å². The predicted molar refractivity (Wildman–Crippen MR) is 93.9 cm³/mol. The minimum absolute atomic E-state index is 0.0350. The SMILES string of the molecule is COCCCC(=O)c1ccc(C)c(NS(=O)(=O)c2ccccc2)c1. The Morgan fingerprint density at radius 3 is 2.50 bits per heavy atom. The lowest BCUT2D eigenvalue weighted by Crippen LogP contribution is -2.14. The number of carbonyl (C=O) groups is 1. The summed E-state index contributed by atoms with van der Waals surface area (Å²) >= 11 is 0. The van der Waals surface area contributed by atoms with Crippen LogP contribution in [0.3, 0.4) is 0 Å². The van der Waals surface area contributed by atoms with Crippen molar-refractivity contribution in [2.24, 2.45) is 0 Å². The van der Waals surface area contributed by atoms with E-state index in [9.17, 15) is 13.2 Å². The fourth-order valence-corrected chi connectivity index (χ4v) is 3.37. The van der Waals surface area contributed by atoms with Crippen LogP contribution in [-0.2, 0) is 14.8 Å². The van der Waals surface area contributed by atoms with E-state index in [1.165, 1.54) is 12.1 Å². The van der Waals surface area contributed by atoms with Crippen molar-refractivity contribution in [1.82, 2.24) is 0 Å². The van der Waals surface area contributed by atoms with E-state index in [-0.39, 0.29) is 10.7 Å². The minimum Gasteiger partial charge on any atom is -0.385 e. The second-order valence-electron chi connectivity index (χ2n) is 5.47. The van der Waals surface area contributed by atoms with Crippen LogP contribution in [0.2, 0.25) is 0 Å². The number of anilines is 1. The molecule has 128 valence electrons. The molecule has 2 rings (SSSR count). The van der Waals surface area contributed by atoms with Gasteiger partial charge in [0.1, 0.15) is 0 Å². The molecular formula is C18H21NO4S. The molecule has 6 heteroatoms. The summed E-state index contributed by atoms with van der Waals surface area (Å²) in [6.07, 6.45) is 0.996. The average Bonchev–Trinajstić information content (AvgIpc) is 2.57. The maximum absolute atomic E-state index is 12.4. The number of benzene rings is 2. The first-order valence-corrected chi connectivity index (χ1v) is 9.13. The van der Waals surface area contributed by atoms with Gasteiger partial charge >= 0.3 is 0 Å². The van der Waals surface area contributed by atoms with Crippen molar-refractivity contribution in [3.63, 3.8) is 0 Å². The Hall–Kier alpha value is -2.18. The fraction of sp³-hybridized carbons (Fsp3) is 0.278. The highest BCUT2D eigenvalue weighted by Gasteiger charge is 2.16. The minimum atomic E-state index is -3.68. The van der Waals surface area contributed by atoms with Crippen LogP contribution in [0.4, 0.5) is 5.69 Å². The molecule has 0 unspecified atom stereocenters. The van der Waals surface area contributed by atoms with E-state index in [4.69, 9.17) is 4.74 Å². The van der Waals surface area contributed by atoms with Gasteiger partial charge in [-0.15, -0.1) is 0 Å². The lowest BCUT2D eigenvalue weighted by atomic mass is 10.0. The van der Waals surface area contributed by atoms with E-state index in [0.717, 1.165) is 5.56 Å². The lowest BCUT2D eigenvalue weighted by Gasteiger charge is -2.12. The van der Waals surface area contributed by atoms with Crippen molar-refractivity contribution in [2.45, 2.75) is 24.7 Å². The number of hydrogen-bond donors (Lipinski definition) is 1. The van der Waals surface area contributed by atoms with Crippen LogP contribution in [0.5, 0.6) is 0 Å². The third-order valence-corrected chi connectivity index (χ3v) is 4.99. The van der Waals surface area contributed by atoms with Crippen LogP contribution in [0.1, 0.15) is 28.8 Å². The van der Waals surface area contributed by atoms with Crippen LogP contribution < -0.4 is 4.72 Å². The van der Waals surface area contributed by atoms with E-state index in [1.54, 1.807) is 50.4 Å². The Kier molecular flexibility index (Phi) is 6.11. The van der Waals surface area contributed by atoms with Gasteiger partial charge in [-0.05, 0) is 37.1 Å². The molecule has 0 saturated heterocycles. The molecule has 0 spiro atoms. The fourth-order valence-electron chi connectivity index (χ4n) is 2.23. The van der Waals surface area contributed by atoms with Crippen molar-refractivity contribution >= 4 is 21.5 Å². The summed E-state index contributed by atoms with van der Waals surface area (Å²) in [5, 5.41) is 0. The molecular weight excluding hydrogens is 326 g/mol. The molecule has 0 saturated carbocycles. The quantitative estimate of drug-likeness (QED) is 0.587. The largest absolute Gasteiger partial charge is 0.385 e. The van der Waals surface area contributed by atoms with Gasteiger partial charge in [-0.3, -0.25) is 9.52 Å². The molecule has 0 heterocycles. The van der Waals surface area contributed by atoms with Gasteiger partial charge in [0.2, 0.25) is 0 Å². The highest BCUT2D eigenvalue weighted by Crippen LogP contribution is 2.22. The number of ether oxygens (including phenoxy) is 1. The molecule has 0 aliphatic rings. The van der Waals surface area contributed by atoms with E-state index in [0.29, 0.717) is 30.7 Å². The third-order valence-electron chi connectivity index (χ3n) is 3.61. The summed E-state index contributed by atoms with van der Waals surface area (Å²) in [5.41, 5.74) is 1.65. The number of carbonyl (C=O) groups excluding carboxylic acids is 1. The topological polar surface area (TPSA) is 72.5 Å². The molecule has 0 aliphatic heterocycles. The van der Waals surface area contributed by atoms with Gasteiger partial charge in [0, 0.05) is 25.7 Å². The highest BCUT2D eigenvalue weighted by atomic mass is 32.2. The molecule has 24 heavy (non-hydrogen) atoms. The van der Waals surface area contributed by atoms with Crippen molar-refractivity contribution in [3.8, 4) is 0 Å². The van der Waals surface area contributed by atoms with Crippen LogP contribution in [-0.4, -0.2) is 27.9 Å². The first-order valence-electron chi connectivity index (χ1n) is 7.64. The smallest absolute Gasteiger partial charge is 0.261 e. The molecule has 0 fully saturated rings. The van der Waals surface area contributed by atoms with Crippen molar-refractivity contribution in [3.05, 3.63) is 59.7 Å². The molecule has 0 atom stereocenters. The Bertz CT molecular complexity index is 801. The second-order valence-corrected chi connectivity index (χ2v) is 7.15. The maximum atomic E-state index is 12.4. The molecule has 0 radical (unpaired) electrons. The maximum Gasteiger partial charge on any atom is 0.261 e. The number of aryl methyl sites for hydroxylation is 1. The number of sulfonamides is 1. The molecule has 0 aromatic heterocycles. The zero-order valence-electron chi connectivity index (χ0n) is 13.8. The Labute approximate surface area is 142 Å². The molecule has 0 bridgehead atoms. The number of ketones is 1. The molecule has 5 nitrogen and oxygen atoms in total. The summed E-state index contributed by atoms with van der Waals surface area (Å²) < 4.78 is 32.4. The number of rotatable bonds is 8. The van der Waals surface area contributed by atoms with E-state index in [1.807, 2.05) is 0 Å². The summed E-state index contributed by atoms with van der Waals surface area (Å²) in [6.45, 7) is 2.31. The monoisotopic (exact) mass is 347 g/mol. The first kappa shape index (κ1) is 18.2. The van der Waals surface area contributed by atoms with Crippen LogP contribution in [0.25, 0.3) is 0 Å². The van der Waals surface area contributed by atoms with Gasteiger partial charge in [0.25, 0.3) is 10.0 Å². The van der Waals surface area contributed by atoms with Crippen LogP contribution in [0.15, 0.2) is 53.4 Å². The van der Waals surface area contributed by atoms with Gasteiger partial charge < -0.3 is 4.74 Å². The number of hydrogen-bond acceptors (Lipinski definition) is 4. The Balaban J connectivity index is 2.21. The normalized spacial score (nSPS) is 11.2. The predicted octanol–water partition coefficient (Wildman–Crippen LogP) is 3.41. The summed E-state index contributed by atoms with van der Waals surface area (Å²) in [6, 6.07) is 13.2. The van der Waals surface area contributed by atoms with Crippen molar-refractivity contribution in [1.29, 1.82) is 0 Å². The van der Waals surface area contributed by atoms with Gasteiger partial charge in [0.15, 0.2) is 5.78 Å². The van der Waals surface area contributed by atoms with Crippen molar-refractivity contribution < 1.29 is 17.9 Å². The highest BCUT2D eigenvalue weighted by molar-refractivity contribution is 7.92. The molecule has 0 aliphatic carbocycles. The Morgan fingerprint density at radius 2 is 1.83 bits per heavy atom. The van der Waals surface area contributed by atoms with E-state index >= 15 is 0 Å². The number of methoxy groups -OCH3 is 1. The van der Waals surface area contributed by atoms with Gasteiger partial charge in [-0.2, -0.15) is 0 Å². The van der Waals surface area contributed by atoms with E-state index in [2.05, 4.69) is 4.72 Å². The molecule has 2 aromatic rings. The van der Waals surface area contributed by atoms with E-state index < -0.39 is 10.0 Å². The summed E-state index contributed by atoms with van der Waals surface area (Å²) in [7, 11) is -2.09. The zero-order valence-corrected chi connectivity index (χ0v) is 14.6. The lowest BCUT2D eigenvalue weighted by molar-refractivity contribution is 0.0963. The van der Waals surface area contributed by atoms with Gasteiger partial charge in [0.05, 0.1) is 10.6 Å². The summed E-state index contributed by atoms with van der Waals surface area (Å²) in [4.78, 5) is 12.4. The second kappa shape index (κ2) is 8.08. The van der Waals surface area contributed by atoms with Crippen LogP contribution >= 0.6 is 0 Å². The molecule has 2 aromatic carbocycles. The Morgan fingerprint density at radius 1 is 1.12 bits per heavy atom. The standard InChI is InChI=1S/C18H21NO4S/c1-14-10-11-15(18(20)9-6-12-23-2)13-17(14)19-24(21,22)16-7-4-3-5-8-16/h3-5,7-8,10-11,13,19H,6,9,12H2,1-2H3.